The first-order valence-corrected chi connectivity index (χ1v) is 6.21. The molecule has 2 rings (SSSR count). The molecule has 1 nitrogen and oxygen atoms in total. The molecule has 0 spiro atoms. The molecule has 0 radical (unpaired) electrons. The van der Waals surface area contributed by atoms with Crippen LogP contribution in [0.15, 0.2) is 24.3 Å². The molecule has 0 aromatic heterocycles. The molecule has 0 heterocycles. The van der Waals surface area contributed by atoms with Gasteiger partial charge in [0.15, 0.2) is 0 Å². The highest BCUT2D eigenvalue weighted by Crippen LogP contribution is 2.29. The van der Waals surface area contributed by atoms with Crippen LogP contribution in [0, 0.1) is 11.7 Å². The molecule has 1 N–H and O–H groups in total. The summed E-state index contributed by atoms with van der Waals surface area (Å²) in [5.74, 6) is 0.645. The largest absolute Gasteiger partial charge is 0.316 e. The summed E-state index contributed by atoms with van der Waals surface area (Å²) in [4.78, 5) is 0. The fourth-order valence-corrected chi connectivity index (χ4v) is 2.78. The molecular weight excluding hydrogens is 201 g/mol. The van der Waals surface area contributed by atoms with E-state index in [0.717, 1.165) is 17.9 Å². The fraction of sp³-hybridized carbons (Fsp3) is 0.571. The number of nitrogens with one attached hydrogen (secondary N) is 1. The van der Waals surface area contributed by atoms with Gasteiger partial charge in [0.2, 0.25) is 0 Å². The SMILES string of the molecule is CNC(Cc1cccc(F)c1)C1CCCC1. The molecule has 1 atom stereocenters. The number of benzene rings is 1. The zero-order chi connectivity index (χ0) is 11.4. The Bertz CT molecular complexity index is 331. The van der Waals surface area contributed by atoms with Gasteiger partial charge >= 0.3 is 0 Å². The zero-order valence-electron chi connectivity index (χ0n) is 9.88. The second kappa shape index (κ2) is 5.44. The lowest BCUT2D eigenvalue weighted by molar-refractivity contribution is 0.377. The van der Waals surface area contributed by atoms with Crippen LogP contribution in [0.5, 0.6) is 0 Å². The van der Waals surface area contributed by atoms with Gasteiger partial charge in [0.1, 0.15) is 5.82 Å². The molecule has 1 aromatic rings. The molecule has 16 heavy (non-hydrogen) atoms. The number of rotatable bonds is 4. The minimum absolute atomic E-state index is 0.126. The monoisotopic (exact) mass is 221 g/mol. The van der Waals surface area contributed by atoms with E-state index in [2.05, 4.69) is 5.32 Å². The average molecular weight is 221 g/mol. The molecule has 1 aromatic carbocycles. The Labute approximate surface area is 97.1 Å². The summed E-state index contributed by atoms with van der Waals surface area (Å²) < 4.78 is 13.1. The van der Waals surface area contributed by atoms with Crippen LogP contribution in [0.4, 0.5) is 4.39 Å². The summed E-state index contributed by atoms with van der Waals surface area (Å²) in [5, 5.41) is 3.39. The summed E-state index contributed by atoms with van der Waals surface area (Å²) >= 11 is 0. The molecule has 2 heteroatoms. The van der Waals surface area contributed by atoms with E-state index in [0.29, 0.717) is 6.04 Å². The van der Waals surface area contributed by atoms with Crippen LogP contribution in [-0.4, -0.2) is 13.1 Å². The van der Waals surface area contributed by atoms with Crippen LogP contribution in [0.2, 0.25) is 0 Å². The molecular formula is C14H20FN. The van der Waals surface area contributed by atoms with Gasteiger partial charge in [-0.3, -0.25) is 0 Å². The lowest BCUT2D eigenvalue weighted by Crippen LogP contribution is -2.34. The Kier molecular flexibility index (Phi) is 3.94. The number of likely N-dealkylation sites (N-methyl/N-ethyl adjacent to an activating group) is 1. The predicted octanol–water partition coefficient (Wildman–Crippen LogP) is 3.15. The Hall–Kier alpha value is -0.890. The van der Waals surface area contributed by atoms with Crippen LogP contribution < -0.4 is 5.32 Å². The lowest BCUT2D eigenvalue weighted by atomic mass is 9.92. The van der Waals surface area contributed by atoms with Crippen LogP contribution in [0.3, 0.4) is 0 Å². The van der Waals surface area contributed by atoms with Gasteiger partial charge < -0.3 is 5.32 Å². The predicted molar refractivity (Wildman–Crippen MR) is 64.9 cm³/mol. The van der Waals surface area contributed by atoms with Gasteiger partial charge in [-0.15, -0.1) is 0 Å². The molecule has 1 saturated carbocycles. The molecule has 0 bridgehead atoms. The number of hydrogen-bond donors (Lipinski definition) is 1. The van der Waals surface area contributed by atoms with Gasteiger partial charge in [0.05, 0.1) is 0 Å². The third-order valence-electron chi connectivity index (χ3n) is 3.68. The zero-order valence-corrected chi connectivity index (χ0v) is 9.88. The quantitative estimate of drug-likeness (QED) is 0.823. The summed E-state index contributed by atoms with van der Waals surface area (Å²) in [7, 11) is 2.02. The van der Waals surface area contributed by atoms with Crippen molar-refractivity contribution in [2.45, 2.75) is 38.1 Å². The normalized spacial score (nSPS) is 18.9. The first-order valence-electron chi connectivity index (χ1n) is 6.21. The smallest absolute Gasteiger partial charge is 0.123 e. The van der Waals surface area contributed by atoms with Gasteiger partial charge in [0.25, 0.3) is 0 Å². The summed E-state index contributed by atoms with van der Waals surface area (Å²) in [6.07, 6.45) is 6.29. The maximum atomic E-state index is 13.1. The Morgan fingerprint density at radius 3 is 2.75 bits per heavy atom. The Balaban J connectivity index is 2.00. The third-order valence-corrected chi connectivity index (χ3v) is 3.68. The molecule has 88 valence electrons. The van der Waals surface area contributed by atoms with E-state index < -0.39 is 0 Å². The fourth-order valence-electron chi connectivity index (χ4n) is 2.78. The van der Waals surface area contributed by atoms with E-state index in [1.165, 1.54) is 31.7 Å². The summed E-state index contributed by atoms with van der Waals surface area (Å²) in [6.45, 7) is 0. The highest BCUT2D eigenvalue weighted by atomic mass is 19.1. The Morgan fingerprint density at radius 1 is 1.38 bits per heavy atom. The van der Waals surface area contributed by atoms with Gasteiger partial charge in [0, 0.05) is 6.04 Å². The van der Waals surface area contributed by atoms with Crippen LogP contribution in [0.1, 0.15) is 31.2 Å². The molecule has 1 fully saturated rings. The number of halogens is 1. The third kappa shape index (κ3) is 2.82. The highest BCUT2D eigenvalue weighted by Gasteiger charge is 2.23. The van der Waals surface area contributed by atoms with Gasteiger partial charge in [-0.1, -0.05) is 25.0 Å². The van der Waals surface area contributed by atoms with Gasteiger partial charge in [-0.05, 0) is 49.9 Å². The van der Waals surface area contributed by atoms with Crippen molar-refractivity contribution in [3.8, 4) is 0 Å². The molecule has 0 saturated heterocycles. The molecule has 0 aliphatic heterocycles. The van der Waals surface area contributed by atoms with Gasteiger partial charge in [-0.25, -0.2) is 4.39 Å². The topological polar surface area (TPSA) is 12.0 Å². The Morgan fingerprint density at radius 2 is 2.12 bits per heavy atom. The van der Waals surface area contributed by atoms with Crippen molar-refractivity contribution in [3.63, 3.8) is 0 Å². The second-order valence-corrected chi connectivity index (χ2v) is 4.77. The number of hydrogen-bond acceptors (Lipinski definition) is 1. The van der Waals surface area contributed by atoms with Gasteiger partial charge in [-0.2, -0.15) is 0 Å². The molecule has 1 unspecified atom stereocenters. The van der Waals surface area contributed by atoms with E-state index in [9.17, 15) is 4.39 Å². The van der Waals surface area contributed by atoms with Crippen molar-refractivity contribution in [2.24, 2.45) is 5.92 Å². The molecule has 1 aliphatic carbocycles. The minimum Gasteiger partial charge on any atom is -0.316 e. The maximum Gasteiger partial charge on any atom is 0.123 e. The van der Waals surface area contributed by atoms with Crippen molar-refractivity contribution in [2.75, 3.05) is 7.05 Å². The van der Waals surface area contributed by atoms with Crippen LogP contribution in [0.25, 0.3) is 0 Å². The van der Waals surface area contributed by atoms with Crippen molar-refractivity contribution in [1.82, 2.24) is 5.32 Å². The first-order chi connectivity index (χ1) is 7.79. The van der Waals surface area contributed by atoms with Crippen LogP contribution >= 0.6 is 0 Å². The van der Waals surface area contributed by atoms with Crippen molar-refractivity contribution < 1.29 is 4.39 Å². The van der Waals surface area contributed by atoms with E-state index in [4.69, 9.17) is 0 Å². The second-order valence-electron chi connectivity index (χ2n) is 4.77. The molecule has 0 amide bonds. The van der Waals surface area contributed by atoms with E-state index in [1.807, 2.05) is 13.1 Å². The molecule has 1 aliphatic rings. The van der Waals surface area contributed by atoms with Crippen molar-refractivity contribution in [3.05, 3.63) is 35.6 Å². The van der Waals surface area contributed by atoms with E-state index in [1.54, 1.807) is 12.1 Å². The van der Waals surface area contributed by atoms with E-state index in [-0.39, 0.29) is 5.82 Å². The standard InChI is InChI=1S/C14H20FN/c1-16-14(12-6-2-3-7-12)10-11-5-4-8-13(15)9-11/h4-5,8-9,12,14,16H,2-3,6-7,10H2,1H3. The minimum atomic E-state index is -0.126. The first kappa shape index (κ1) is 11.6. The highest BCUT2D eigenvalue weighted by molar-refractivity contribution is 5.17. The maximum absolute atomic E-state index is 13.1. The van der Waals surface area contributed by atoms with Crippen molar-refractivity contribution in [1.29, 1.82) is 0 Å². The van der Waals surface area contributed by atoms with Crippen LogP contribution in [-0.2, 0) is 6.42 Å². The summed E-state index contributed by atoms with van der Waals surface area (Å²) in [6, 6.07) is 7.48. The summed E-state index contributed by atoms with van der Waals surface area (Å²) in [5.41, 5.74) is 1.10. The average Bonchev–Trinajstić information content (AvgIpc) is 2.79. The van der Waals surface area contributed by atoms with Crippen molar-refractivity contribution >= 4 is 0 Å². The lowest BCUT2D eigenvalue weighted by Gasteiger charge is -2.23. The van der Waals surface area contributed by atoms with E-state index >= 15 is 0 Å².